The van der Waals surface area contributed by atoms with E-state index in [9.17, 15) is 0 Å². The van der Waals surface area contributed by atoms with Crippen molar-refractivity contribution in [3.8, 4) is 0 Å². The van der Waals surface area contributed by atoms with E-state index in [1.54, 1.807) is 0 Å². The summed E-state index contributed by atoms with van der Waals surface area (Å²) in [7, 11) is 0. The molecule has 3 aliphatic carbocycles. The number of isothiocyanates is 1. The van der Waals surface area contributed by atoms with Crippen LogP contribution in [0.4, 0.5) is 0 Å². The normalized spacial score (nSPS) is 52.8. The molecule has 0 aromatic heterocycles. The lowest BCUT2D eigenvalue weighted by molar-refractivity contribution is 0.176. The molecule has 3 saturated carbocycles. The van der Waals surface area contributed by atoms with Gasteiger partial charge in [0.2, 0.25) is 0 Å². The van der Waals surface area contributed by atoms with Crippen molar-refractivity contribution >= 4 is 17.4 Å². The van der Waals surface area contributed by atoms with Gasteiger partial charge >= 0.3 is 0 Å². The molecule has 2 heteroatoms. The Kier molecular flexibility index (Phi) is 2.78. The summed E-state index contributed by atoms with van der Waals surface area (Å²) in [5.74, 6) is 4.39. The Balaban J connectivity index is 1.97. The topological polar surface area (TPSA) is 12.4 Å². The molecule has 100 valence electrons. The van der Waals surface area contributed by atoms with Gasteiger partial charge in [-0.05, 0) is 73.4 Å². The molecule has 0 bridgehead atoms. The first-order valence-corrected chi connectivity index (χ1v) is 7.91. The average molecular weight is 263 g/mol. The smallest absolute Gasteiger partial charge is 0.0713 e. The lowest BCUT2D eigenvalue weighted by Crippen LogP contribution is -2.36. The lowest BCUT2D eigenvalue weighted by Gasteiger charge is -2.35. The SMILES string of the molecule is C[C@H]1CC[C@H]2[C@@H]1[C@@H]1[C@H](CC[C@]2(C)N=C=S)C1(C)C. The maximum atomic E-state index is 4.91. The van der Waals surface area contributed by atoms with Crippen molar-refractivity contribution in [2.45, 2.75) is 58.9 Å². The minimum atomic E-state index is 0.0840. The molecule has 0 N–H and O–H groups in total. The van der Waals surface area contributed by atoms with Crippen molar-refractivity contribution in [1.29, 1.82) is 0 Å². The van der Waals surface area contributed by atoms with Crippen LogP contribution in [0.15, 0.2) is 4.99 Å². The maximum absolute atomic E-state index is 4.91. The van der Waals surface area contributed by atoms with Crippen LogP contribution in [0.5, 0.6) is 0 Å². The molecule has 0 amide bonds. The molecule has 0 radical (unpaired) electrons. The molecule has 0 aromatic rings. The Hall–Kier alpha value is -0.200. The Labute approximate surface area is 116 Å². The van der Waals surface area contributed by atoms with Gasteiger partial charge in [0.1, 0.15) is 0 Å². The zero-order valence-corrected chi connectivity index (χ0v) is 12.9. The van der Waals surface area contributed by atoms with Crippen molar-refractivity contribution in [2.24, 2.45) is 40.0 Å². The standard InChI is InChI=1S/C16H25NS/c1-10-5-6-11-13(10)14-12(15(14,2)3)7-8-16(11,4)17-9-18/h10-14H,5-8H2,1-4H3/t10-,11-,12-,13+,14-,16-/m0/s1. The number of fused-ring (bicyclic) bond motifs is 3. The van der Waals surface area contributed by atoms with E-state index in [0.29, 0.717) is 5.41 Å². The number of aliphatic imine (C=N–C) groups is 1. The lowest BCUT2D eigenvalue weighted by atomic mass is 9.73. The van der Waals surface area contributed by atoms with Crippen LogP contribution >= 0.6 is 12.2 Å². The fraction of sp³-hybridized carbons (Fsp3) is 0.938. The van der Waals surface area contributed by atoms with Gasteiger partial charge in [-0.25, -0.2) is 4.99 Å². The van der Waals surface area contributed by atoms with Crippen molar-refractivity contribution in [2.75, 3.05) is 0 Å². The summed E-state index contributed by atoms with van der Waals surface area (Å²) in [5, 5.41) is 2.69. The molecule has 0 unspecified atom stereocenters. The summed E-state index contributed by atoms with van der Waals surface area (Å²) >= 11 is 4.91. The van der Waals surface area contributed by atoms with Gasteiger partial charge in [-0.15, -0.1) is 0 Å². The van der Waals surface area contributed by atoms with Crippen LogP contribution in [-0.4, -0.2) is 10.7 Å². The minimum Gasteiger partial charge on any atom is -0.226 e. The zero-order chi connectivity index (χ0) is 13.1. The molecule has 3 aliphatic rings. The highest BCUT2D eigenvalue weighted by Crippen LogP contribution is 2.71. The predicted octanol–water partition coefficient (Wildman–Crippen LogP) is 4.58. The first-order chi connectivity index (χ1) is 8.42. The highest BCUT2D eigenvalue weighted by molar-refractivity contribution is 7.78. The number of nitrogens with zero attached hydrogens (tertiary/aromatic N) is 1. The van der Waals surface area contributed by atoms with E-state index < -0.39 is 0 Å². The van der Waals surface area contributed by atoms with Crippen LogP contribution in [0.25, 0.3) is 0 Å². The molecule has 0 aromatic carbocycles. The second kappa shape index (κ2) is 3.90. The second-order valence-electron chi connectivity index (χ2n) is 7.79. The maximum Gasteiger partial charge on any atom is 0.0713 e. The third kappa shape index (κ3) is 1.58. The number of hydrogen-bond donors (Lipinski definition) is 0. The summed E-state index contributed by atoms with van der Waals surface area (Å²) in [4.78, 5) is 4.62. The van der Waals surface area contributed by atoms with Crippen LogP contribution in [0, 0.1) is 35.0 Å². The highest BCUT2D eigenvalue weighted by Gasteiger charge is 2.66. The molecule has 3 rings (SSSR count). The third-order valence-electron chi connectivity index (χ3n) is 6.67. The first kappa shape index (κ1) is 12.8. The zero-order valence-electron chi connectivity index (χ0n) is 12.1. The van der Waals surface area contributed by atoms with Gasteiger partial charge in [0.15, 0.2) is 0 Å². The molecule has 0 saturated heterocycles. The van der Waals surface area contributed by atoms with E-state index in [-0.39, 0.29) is 5.54 Å². The molecule has 1 nitrogen and oxygen atoms in total. The molecular weight excluding hydrogens is 238 g/mol. The van der Waals surface area contributed by atoms with Crippen molar-refractivity contribution in [3.63, 3.8) is 0 Å². The number of thiocarbonyl (C=S) groups is 1. The van der Waals surface area contributed by atoms with Crippen LogP contribution in [0.2, 0.25) is 0 Å². The molecule has 3 fully saturated rings. The molecule has 0 heterocycles. The van der Waals surface area contributed by atoms with Gasteiger partial charge in [-0.2, -0.15) is 0 Å². The van der Waals surface area contributed by atoms with Crippen LogP contribution in [-0.2, 0) is 0 Å². The third-order valence-corrected chi connectivity index (χ3v) is 6.76. The van der Waals surface area contributed by atoms with E-state index in [0.717, 1.165) is 29.6 Å². The van der Waals surface area contributed by atoms with Gasteiger partial charge in [-0.3, -0.25) is 0 Å². The summed E-state index contributed by atoms with van der Waals surface area (Å²) < 4.78 is 0. The molecular formula is C16H25NS. The van der Waals surface area contributed by atoms with Crippen LogP contribution < -0.4 is 0 Å². The molecule has 0 aliphatic heterocycles. The summed E-state index contributed by atoms with van der Waals surface area (Å²) in [6.45, 7) is 9.76. The van der Waals surface area contributed by atoms with Gasteiger partial charge in [0.25, 0.3) is 0 Å². The highest BCUT2D eigenvalue weighted by atomic mass is 32.1. The Morgan fingerprint density at radius 2 is 1.83 bits per heavy atom. The van der Waals surface area contributed by atoms with Crippen molar-refractivity contribution < 1.29 is 0 Å². The molecule has 6 atom stereocenters. The fourth-order valence-electron chi connectivity index (χ4n) is 5.53. The monoisotopic (exact) mass is 263 g/mol. The summed E-state index contributed by atoms with van der Waals surface area (Å²) in [6, 6.07) is 0. The van der Waals surface area contributed by atoms with Gasteiger partial charge < -0.3 is 0 Å². The van der Waals surface area contributed by atoms with E-state index in [4.69, 9.17) is 12.2 Å². The summed E-state index contributed by atoms with van der Waals surface area (Å²) in [5.41, 5.74) is 0.672. The fourth-order valence-corrected chi connectivity index (χ4v) is 5.74. The van der Waals surface area contributed by atoms with Gasteiger partial charge in [-0.1, -0.05) is 27.2 Å². The minimum absolute atomic E-state index is 0.0840. The molecule has 18 heavy (non-hydrogen) atoms. The van der Waals surface area contributed by atoms with Gasteiger partial charge in [0.05, 0.1) is 10.7 Å². The second-order valence-corrected chi connectivity index (χ2v) is 7.97. The van der Waals surface area contributed by atoms with Crippen molar-refractivity contribution in [1.82, 2.24) is 0 Å². The van der Waals surface area contributed by atoms with E-state index >= 15 is 0 Å². The molecule has 0 spiro atoms. The Morgan fingerprint density at radius 1 is 1.11 bits per heavy atom. The van der Waals surface area contributed by atoms with E-state index in [1.807, 2.05) is 0 Å². The number of hydrogen-bond acceptors (Lipinski definition) is 2. The largest absolute Gasteiger partial charge is 0.226 e. The Bertz CT molecular complexity index is 409. The first-order valence-electron chi connectivity index (χ1n) is 7.51. The van der Waals surface area contributed by atoms with Crippen molar-refractivity contribution in [3.05, 3.63) is 0 Å². The van der Waals surface area contributed by atoms with E-state index in [1.165, 1.54) is 25.7 Å². The predicted molar refractivity (Wildman–Crippen MR) is 78.8 cm³/mol. The van der Waals surface area contributed by atoms with Crippen LogP contribution in [0.3, 0.4) is 0 Å². The quantitative estimate of drug-likeness (QED) is 0.498. The summed E-state index contributed by atoms with van der Waals surface area (Å²) in [6.07, 6.45) is 5.29. The van der Waals surface area contributed by atoms with E-state index in [2.05, 4.69) is 37.8 Å². The average Bonchev–Trinajstić information content (AvgIpc) is 2.65. The van der Waals surface area contributed by atoms with Gasteiger partial charge in [0, 0.05) is 0 Å². The number of rotatable bonds is 1. The Morgan fingerprint density at radius 3 is 2.50 bits per heavy atom. The van der Waals surface area contributed by atoms with Crippen LogP contribution in [0.1, 0.15) is 53.4 Å².